The van der Waals surface area contributed by atoms with Crippen molar-refractivity contribution in [3.8, 4) is 5.88 Å². The molecule has 41 heavy (non-hydrogen) atoms. The minimum atomic E-state index is -0.422. The van der Waals surface area contributed by atoms with E-state index < -0.39 is 5.92 Å². The predicted molar refractivity (Wildman–Crippen MR) is 158 cm³/mol. The number of halogens is 1. The van der Waals surface area contributed by atoms with Gasteiger partial charge in [-0.2, -0.15) is 0 Å². The summed E-state index contributed by atoms with van der Waals surface area (Å²) in [5, 5.41) is 4.33. The second-order valence-corrected chi connectivity index (χ2v) is 13.6. The zero-order valence-corrected chi connectivity index (χ0v) is 26.1. The molecule has 2 aliphatic heterocycles. The summed E-state index contributed by atoms with van der Waals surface area (Å²) in [5.74, 6) is 2.22. The van der Waals surface area contributed by atoms with Crippen molar-refractivity contribution in [2.75, 3.05) is 38.2 Å². The van der Waals surface area contributed by atoms with E-state index in [1.54, 1.807) is 6.20 Å². The van der Waals surface area contributed by atoms with Crippen molar-refractivity contribution in [2.24, 2.45) is 11.8 Å². The van der Waals surface area contributed by atoms with Gasteiger partial charge in [0.2, 0.25) is 5.88 Å². The average molecular weight is 632 g/mol. The molecule has 0 spiro atoms. The Balaban J connectivity index is 0.940. The fourth-order valence-corrected chi connectivity index (χ4v) is 7.54. The number of rotatable bonds is 10. The van der Waals surface area contributed by atoms with Gasteiger partial charge in [-0.05, 0) is 56.4 Å². The van der Waals surface area contributed by atoms with Gasteiger partial charge in [0.15, 0.2) is 11.6 Å². The number of carbonyl (C=O) groups excluding carboxylic acids is 1. The SMILES string of the molecule is COC(=O)C(c1cc(N2CCC(C3(N4CCC(O[C@H]5C[C@H](Oc6cc(Br)ccn6)C5)CC4)CC3)CC2)no1)C(C)C. The van der Waals surface area contributed by atoms with Gasteiger partial charge < -0.3 is 23.6 Å². The molecule has 0 radical (unpaired) electrons. The Morgan fingerprint density at radius 3 is 2.41 bits per heavy atom. The Kier molecular flexibility index (Phi) is 8.61. The molecule has 1 unspecified atom stereocenters. The van der Waals surface area contributed by atoms with Crippen molar-refractivity contribution in [3.05, 3.63) is 34.6 Å². The Bertz CT molecular complexity index is 1180. The molecule has 0 bridgehead atoms. The van der Waals surface area contributed by atoms with Crippen LogP contribution in [0.15, 0.2) is 33.4 Å². The number of piperidine rings is 2. The molecule has 224 valence electrons. The van der Waals surface area contributed by atoms with Gasteiger partial charge in [0.25, 0.3) is 0 Å². The van der Waals surface area contributed by atoms with Crippen molar-refractivity contribution in [1.29, 1.82) is 0 Å². The van der Waals surface area contributed by atoms with Crippen LogP contribution in [0.4, 0.5) is 5.82 Å². The van der Waals surface area contributed by atoms with Crippen LogP contribution in [0.25, 0.3) is 0 Å². The molecule has 2 saturated heterocycles. The van der Waals surface area contributed by atoms with Crippen LogP contribution in [0, 0.1) is 11.8 Å². The highest BCUT2D eigenvalue weighted by molar-refractivity contribution is 9.10. The maximum absolute atomic E-state index is 12.3. The Hall–Kier alpha value is -2.17. The van der Waals surface area contributed by atoms with Gasteiger partial charge in [-0.25, -0.2) is 4.98 Å². The number of anilines is 1. The van der Waals surface area contributed by atoms with Crippen molar-refractivity contribution < 1.29 is 23.5 Å². The maximum Gasteiger partial charge on any atom is 0.316 e. The number of hydrogen-bond donors (Lipinski definition) is 0. The van der Waals surface area contributed by atoms with Gasteiger partial charge in [-0.1, -0.05) is 34.9 Å². The molecule has 1 atom stereocenters. The first kappa shape index (κ1) is 28.9. The summed E-state index contributed by atoms with van der Waals surface area (Å²) >= 11 is 3.48. The van der Waals surface area contributed by atoms with E-state index in [9.17, 15) is 4.79 Å². The minimum absolute atomic E-state index is 0.0814. The summed E-state index contributed by atoms with van der Waals surface area (Å²) in [4.78, 5) is 21.7. The number of aromatic nitrogens is 2. The molecule has 2 aromatic rings. The van der Waals surface area contributed by atoms with Crippen molar-refractivity contribution >= 4 is 27.7 Å². The largest absolute Gasteiger partial charge is 0.474 e. The first-order valence-corrected chi connectivity index (χ1v) is 16.1. The molecule has 6 rings (SSSR count). The van der Waals surface area contributed by atoms with Crippen molar-refractivity contribution in [1.82, 2.24) is 15.0 Å². The Morgan fingerprint density at radius 1 is 1.05 bits per heavy atom. The van der Waals surface area contributed by atoms with Crippen molar-refractivity contribution in [2.45, 2.75) is 95.0 Å². The molecule has 10 heteroatoms. The number of carbonyl (C=O) groups is 1. The van der Waals surface area contributed by atoms with E-state index in [1.807, 2.05) is 32.0 Å². The molecule has 0 aromatic carbocycles. The molecule has 2 saturated carbocycles. The van der Waals surface area contributed by atoms with Crippen LogP contribution in [0.3, 0.4) is 0 Å². The van der Waals surface area contributed by atoms with E-state index in [2.05, 4.69) is 35.9 Å². The molecule has 4 heterocycles. The molecule has 2 aliphatic carbocycles. The van der Waals surface area contributed by atoms with Crippen LogP contribution >= 0.6 is 15.9 Å². The third-order valence-corrected chi connectivity index (χ3v) is 10.3. The smallest absolute Gasteiger partial charge is 0.316 e. The minimum Gasteiger partial charge on any atom is -0.474 e. The van der Waals surface area contributed by atoms with E-state index in [1.165, 1.54) is 32.8 Å². The van der Waals surface area contributed by atoms with Crippen LogP contribution in [0.1, 0.15) is 76.9 Å². The average Bonchev–Trinajstić information content (AvgIpc) is 3.63. The van der Waals surface area contributed by atoms with E-state index >= 15 is 0 Å². The van der Waals surface area contributed by atoms with E-state index in [0.29, 0.717) is 29.4 Å². The predicted octanol–water partition coefficient (Wildman–Crippen LogP) is 5.58. The summed E-state index contributed by atoms with van der Waals surface area (Å²) < 4.78 is 24.1. The number of ether oxygens (including phenoxy) is 3. The number of likely N-dealkylation sites (tertiary alicyclic amines) is 1. The third-order valence-electron chi connectivity index (χ3n) is 9.78. The van der Waals surface area contributed by atoms with Gasteiger partial charge in [-0.15, -0.1) is 0 Å². The van der Waals surface area contributed by atoms with Crippen LogP contribution in [0.2, 0.25) is 0 Å². The number of nitrogens with zero attached hydrogens (tertiary/aromatic N) is 4. The topological polar surface area (TPSA) is 90.2 Å². The summed E-state index contributed by atoms with van der Waals surface area (Å²) in [7, 11) is 1.42. The van der Waals surface area contributed by atoms with Crippen LogP contribution < -0.4 is 9.64 Å². The van der Waals surface area contributed by atoms with E-state index in [-0.39, 0.29) is 18.0 Å². The van der Waals surface area contributed by atoms with Gasteiger partial charge in [0, 0.05) is 67.4 Å². The molecule has 2 aromatic heterocycles. The van der Waals surface area contributed by atoms with Gasteiger partial charge in [-0.3, -0.25) is 9.69 Å². The normalized spacial score (nSPS) is 26.0. The summed E-state index contributed by atoms with van der Waals surface area (Å²) in [6.45, 7) is 8.22. The van der Waals surface area contributed by atoms with Crippen LogP contribution in [0.5, 0.6) is 5.88 Å². The first-order valence-electron chi connectivity index (χ1n) is 15.3. The van der Waals surface area contributed by atoms with Crippen LogP contribution in [-0.2, 0) is 14.3 Å². The van der Waals surface area contributed by atoms with E-state index in [4.69, 9.17) is 18.7 Å². The van der Waals surface area contributed by atoms with Crippen LogP contribution in [-0.4, -0.2) is 78.1 Å². The summed E-state index contributed by atoms with van der Waals surface area (Å²) in [5.41, 5.74) is 0.381. The lowest BCUT2D eigenvalue weighted by Crippen LogP contribution is -2.52. The summed E-state index contributed by atoms with van der Waals surface area (Å²) in [6, 6.07) is 5.76. The number of pyridine rings is 1. The second kappa shape index (κ2) is 12.2. The van der Waals surface area contributed by atoms with E-state index in [0.717, 1.165) is 68.1 Å². The Morgan fingerprint density at radius 2 is 1.78 bits per heavy atom. The second-order valence-electron chi connectivity index (χ2n) is 12.7. The molecule has 0 N–H and O–H groups in total. The standard InChI is InChI=1S/C31H43BrN4O5/c1-20(2)29(30(37)38-3)26-19-27(34-41-26)35-12-5-21(6-13-35)31(9-10-31)36-14-7-23(8-15-36)39-24-17-25(18-24)40-28-16-22(32)4-11-33-28/h4,11,16,19-21,23-25,29H,5-10,12-15,17-18H2,1-3H3/t24-,25-,29?. The molecular formula is C31H43BrN4O5. The number of esters is 1. The molecule has 0 amide bonds. The number of hydrogen-bond acceptors (Lipinski definition) is 9. The molecule has 9 nitrogen and oxygen atoms in total. The first-order chi connectivity index (χ1) is 19.8. The lowest BCUT2D eigenvalue weighted by atomic mass is 9.85. The lowest BCUT2D eigenvalue weighted by molar-refractivity contribution is -0.144. The third kappa shape index (κ3) is 6.30. The van der Waals surface area contributed by atoms with Gasteiger partial charge >= 0.3 is 5.97 Å². The molecule has 4 aliphatic rings. The fourth-order valence-electron chi connectivity index (χ4n) is 7.23. The molecular weight excluding hydrogens is 588 g/mol. The zero-order valence-electron chi connectivity index (χ0n) is 24.5. The highest BCUT2D eigenvalue weighted by atomic mass is 79.9. The number of methoxy groups -OCH3 is 1. The van der Waals surface area contributed by atoms with Gasteiger partial charge in [0.05, 0.1) is 19.3 Å². The molecule has 4 fully saturated rings. The quantitative estimate of drug-likeness (QED) is 0.312. The monoisotopic (exact) mass is 630 g/mol. The summed E-state index contributed by atoms with van der Waals surface area (Å²) in [6.07, 6.45) is 11.7. The van der Waals surface area contributed by atoms with Gasteiger partial charge in [0.1, 0.15) is 12.0 Å². The Labute approximate surface area is 251 Å². The highest BCUT2D eigenvalue weighted by Crippen LogP contribution is 2.52. The zero-order chi connectivity index (χ0) is 28.6. The lowest BCUT2D eigenvalue weighted by Gasteiger charge is -2.45. The maximum atomic E-state index is 12.3. The van der Waals surface area contributed by atoms with Crippen molar-refractivity contribution in [3.63, 3.8) is 0 Å². The fraction of sp³-hybridized carbons (Fsp3) is 0.710. The highest BCUT2D eigenvalue weighted by Gasteiger charge is 2.54.